The Balaban J connectivity index is 1.73. The number of hydrogen-bond acceptors (Lipinski definition) is 2. The number of alkyl halides is 3. The number of benzene rings is 1. The average Bonchev–Trinajstić information content (AvgIpc) is 2.95. The Morgan fingerprint density at radius 3 is 2.48 bits per heavy atom. The standard InChI is InChI=1S/C15H16F3NO2/c1-21-12-4-2-10(3-5-12)6-13(20)19-9-11-7-14(19,8-11)15(16,17)18/h2-5,11H,6-9H2,1H3. The highest BCUT2D eigenvalue weighted by Gasteiger charge is 2.71. The van der Waals surface area contributed by atoms with Gasteiger partial charge in [-0.2, -0.15) is 13.2 Å². The molecule has 0 N–H and O–H groups in total. The van der Waals surface area contributed by atoms with Gasteiger partial charge in [0.1, 0.15) is 11.3 Å². The molecule has 0 spiro atoms. The van der Waals surface area contributed by atoms with Crippen molar-refractivity contribution in [1.82, 2.24) is 4.90 Å². The number of carbonyl (C=O) groups excluding carboxylic acids is 1. The molecule has 6 heteroatoms. The van der Waals surface area contributed by atoms with Crippen molar-refractivity contribution < 1.29 is 22.7 Å². The molecule has 2 aliphatic heterocycles. The van der Waals surface area contributed by atoms with E-state index in [-0.39, 0.29) is 31.7 Å². The lowest BCUT2D eigenvalue weighted by Crippen LogP contribution is -2.59. The first-order valence-electron chi connectivity index (χ1n) is 6.86. The Morgan fingerprint density at radius 1 is 1.33 bits per heavy atom. The molecule has 0 atom stereocenters. The number of ether oxygens (including phenoxy) is 1. The lowest BCUT2D eigenvalue weighted by Gasteiger charge is -2.43. The van der Waals surface area contributed by atoms with Gasteiger partial charge in [-0.25, -0.2) is 0 Å². The molecule has 1 saturated carbocycles. The Kier molecular flexibility index (Phi) is 3.15. The third kappa shape index (κ3) is 2.17. The molecule has 1 aromatic rings. The van der Waals surface area contributed by atoms with Gasteiger partial charge < -0.3 is 9.64 Å². The van der Waals surface area contributed by atoms with Crippen molar-refractivity contribution in [3.8, 4) is 5.75 Å². The summed E-state index contributed by atoms with van der Waals surface area (Å²) in [5.41, 5.74) is -1.21. The first-order valence-corrected chi connectivity index (χ1v) is 6.86. The quantitative estimate of drug-likeness (QED) is 0.859. The fraction of sp³-hybridized carbons (Fsp3) is 0.533. The molecule has 1 amide bonds. The maximum absolute atomic E-state index is 13.2. The van der Waals surface area contributed by atoms with E-state index in [0.29, 0.717) is 11.3 Å². The lowest BCUT2D eigenvalue weighted by atomic mass is 9.72. The van der Waals surface area contributed by atoms with E-state index in [1.165, 1.54) is 7.11 Å². The third-order valence-electron chi connectivity index (χ3n) is 4.55. The van der Waals surface area contributed by atoms with Crippen molar-refractivity contribution >= 4 is 5.91 Å². The van der Waals surface area contributed by atoms with Crippen molar-refractivity contribution in [3.05, 3.63) is 29.8 Å². The maximum Gasteiger partial charge on any atom is 0.411 e. The third-order valence-corrected chi connectivity index (χ3v) is 4.55. The van der Waals surface area contributed by atoms with Crippen LogP contribution in [-0.2, 0) is 11.2 Å². The van der Waals surface area contributed by atoms with Gasteiger partial charge in [-0.1, -0.05) is 12.1 Å². The van der Waals surface area contributed by atoms with E-state index in [0.717, 1.165) is 4.90 Å². The highest BCUT2D eigenvalue weighted by Crippen LogP contribution is 2.58. The molecule has 0 aromatic heterocycles. The van der Waals surface area contributed by atoms with Crippen LogP contribution in [0.3, 0.4) is 0 Å². The molecule has 2 heterocycles. The first kappa shape index (κ1) is 14.2. The summed E-state index contributed by atoms with van der Waals surface area (Å²) in [6.07, 6.45) is -4.22. The van der Waals surface area contributed by atoms with Gasteiger partial charge in [0.05, 0.1) is 13.5 Å². The highest BCUT2D eigenvalue weighted by atomic mass is 19.4. The summed E-state index contributed by atoms with van der Waals surface area (Å²) < 4.78 is 44.7. The summed E-state index contributed by atoms with van der Waals surface area (Å²) in [6.45, 7) is 0.231. The van der Waals surface area contributed by atoms with Crippen molar-refractivity contribution in [2.75, 3.05) is 13.7 Å². The second-order valence-electron chi connectivity index (χ2n) is 5.83. The second kappa shape index (κ2) is 4.64. The van der Waals surface area contributed by atoms with Gasteiger partial charge in [-0.15, -0.1) is 0 Å². The highest BCUT2D eigenvalue weighted by molar-refractivity contribution is 5.80. The fourth-order valence-electron chi connectivity index (χ4n) is 3.42. The van der Waals surface area contributed by atoms with E-state index in [9.17, 15) is 18.0 Å². The van der Waals surface area contributed by atoms with Gasteiger partial charge in [0.2, 0.25) is 5.91 Å². The van der Waals surface area contributed by atoms with Gasteiger partial charge >= 0.3 is 6.18 Å². The Hall–Kier alpha value is -1.72. The zero-order chi connectivity index (χ0) is 15.3. The van der Waals surface area contributed by atoms with E-state index in [4.69, 9.17) is 4.74 Å². The van der Waals surface area contributed by atoms with Crippen molar-refractivity contribution in [1.29, 1.82) is 0 Å². The van der Waals surface area contributed by atoms with E-state index in [1.54, 1.807) is 24.3 Å². The number of amides is 1. The number of halogens is 3. The zero-order valence-corrected chi connectivity index (χ0v) is 11.6. The predicted molar refractivity (Wildman–Crippen MR) is 69.9 cm³/mol. The van der Waals surface area contributed by atoms with Crippen molar-refractivity contribution in [2.45, 2.75) is 31.0 Å². The van der Waals surface area contributed by atoms with Crippen LogP contribution in [0.4, 0.5) is 13.2 Å². The van der Waals surface area contributed by atoms with Crippen LogP contribution in [0.2, 0.25) is 0 Å². The summed E-state index contributed by atoms with van der Waals surface area (Å²) in [6, 6.07) is 6.81. The zero-order valence-electron chi connectivity index (χ0n) is 11.6. The number of hydrogen-bond donors (Lipinski definition) is 0. The number of methoxy groups -OCH3 is 1. The Bertz CT molecular complexity index is 547. The SMILES string of the molecule is COc1ccc(CC(=O)N2CC3CC2(C(F)(F)F)C3)cc1. The van der Waals surface area contributed by atoms with Gasteiger partial charge in [-0.3, -0.25) is 4.79 Å². The van der Waals surface area contributed by atoms with Gasteiger partial charge in [0.25, 0.3) is 0 Å². The van der Waals surface area contributed by atoms with Crippen LogP contribution in [0, 0.1) is 5.92 Å². The number of carbonyl (C=O) groups is 1. The van der Waals surface area contributed by atoms with Crippen LogP contribution < -0.4 is 4.74 Å². The Labute approximate surface area is 120 Å². The minimum absolute atomic E-state index is 0.00541. The summed E-state index contributed by atoms with van der Waals surface area (Å²) in [5.74, 6) is 0.213. The fourth-order valence-corrected chi connectivity index (χ4v) is 3.42. The minimum atomic E-state index is -4.34. The second-order valence-corrected chi connectivity index (χ2v) is 5.83. The molecule has 2 bridgehead atoms. The minimum Gasteiger partial charge on any atom is -0.497 e. The largest absolute Gasteiger partial charge is 0.497 e. The molecular weight excluding hydrogens is 283 g/mol. The van der Waals surface area contributed by atoms with E-state index >= 15 is 0 Å². The van der Waals surface area contributed by atoms with E-state index in [2.05, 4.69) is 0 Å². The molecule has 3 fully saturated rings. The summed E-state index contributed by atoms with van der Waals surface area (Å²) in [4.78, 5) is 13.3. The van der Waals surface area contributed by atoms with Crippen LogP contribution in [0.5, 0.6) is 5.75 Å². The maximum atomic E-state index is 13.2. The van der Waals surface area contributed by atoms with E-state index in [1.807, 2.05) is 0 Å². The molecule has 2 saturated heterocycles. The predicted octanol–water partition coefficient (Wildman–Crippen LogP) is 2.79. The van der Waals surface area contributed by atoms with E-state index < -0.39 is 17.6 Å². The molecular formula is C15H16F3NO2. The van der Waals surface area contributed by atoms with Gasteiger partial charge in [0.15, 0.2) is 0 Å². The van der Waals surface area contributed by atoms with Gasteiger partial charge in [-0.05, 0) is 36.5 Å². The smallest absolute Gasteiger partial charge is 0.411 e. The van der Waals surface area contributed by atoms with Crippen LogP contribution in [-0.4, -0.2) is 36.2 Å². The van der Waals surface area contributed by atoms with Gasteiger partial charge in [0, 0.05) is 6.54 Å². The normalized spacial score (nSPS) is 27.4. The Morgan fingerprint density at radius 2 is 1.95 bits per heavy atom. The average molecular weight is 299 g/mol. The van der Waals surface area contributed by atoms with Crippen molar-refractivity contribution in [3.63, 3.8) is 0 Å². The molecule has 3 nitrogen and oxygen atoms in total. The van der Waals surface area contributed by atoms with Crippen LogP contribution in [0.25, 0.3) is 0 Å². The monoisotopic (exact) mass is 299 g/mol. The summed E-state index contributed by atoms with van der Waals surface area (Å²) in [5, 5.41) is 0. The first-order chi connectivity index (χ1) is 9.85. The topological polar surface area (TPSA) is 29.5 Å². The summed E-state index contributed by atoms with van der Waals surface area (Å²) >= 11 is 0. The van der Waals surface area contributed by atoms with Crippen LogP contribution in [0.15, 0.2) is 24.3 Å². The molecule has 1 aromatic carbocycles. The van der Waals surface area contributed by atoms with Crippen molar-refractivity contribution in [2.24, 2.45) is 5.92 Å². The number of nitrogens with zero attached hydrogens (tertiary/aromatic N) is 1. The molecule has 0 unspecified atom stereocenters. The molecule has 114 valence electrons. The lowest BCUT2D eigenvalue weighted by molar-refractivity contribution is -0.236. The number of rotatable bonds is 3. The molecule has 1 aliphatic carbocycles. The van der Waals surface area contributed by atoms with Crippen LogP contribution >= 0.6 is 0 Å². The summed E-state index contributed by atoms with van der Waals surface area (Å²) in [7, 11) is 1.53. The molecule has 21 heavy (non-hydrogen) atoms. The molecule has 4 rings (SSSR count). The molecule has 3 aliphatic rings. The van der Waals surface area contributed by atoms with Crippen LogP contribution in [0.1, 0.15) is 18.4 Å². The molecule has 0 radical (unpaired) electrons. The number of fused-ring (bicyclic) bond motifs is 1.